The lowest BCUT2D eigenvalue weighted by molar-refractivity contribution is 0.236. The number of hydrogen-bond acceptors (Lipinski definition) is 6. The van der Waals surface area contributed by atoms with Crippen molar-refractivity contribution in [3.05, 3.63) is 66.3 Å². The second kappa shape index (κ2) is 8.18. The number of nitrogens with one attached hydrogen (secondary N) is 2. The first-order valence-electron chi connectivity index (χ1n) is 9.21. The van der Waals surface area contributed by atoms with E-state index in [1.54, 1.807) is 12.4 Å². The van der Waals surface area contributed by atoms with Crippen LogP contribution >= 0.6 is 0 Å². The molecule has 0 spiro atoms. The van der Waals surface area contributed by atoms with Crippen LogP contribution in [0.5, 0.6) is 0 Å². The molecule has 28 heavy (non-hydrogen) atoms. The zero-order valence-electron chi connectivity index (χ0n) is 15.6. The maximum absolute atomic E-state index is 12.2. The SMILES string of the molecule is CN1CC(NC(=O)NCc2ccccc2)CC1c1nc(-c2ccncc2)no1. The highest BCUT2D eigenvalue weighted by atomic mass is 16.5. The molecule has 0 aliphatic carbocycles. The van der Waals surface area contributed by atoms with E-state index in [4.69, 9.17) is 4.52 Å². The lowest BCUT2D eigenvalue weighted by Crippen LogP contribution is -2.42. The predicted octanol–water partition coefficient (Wildman–Crippen LogP) is 2.38. The summed E-state index contributed by atoms with van der Waals surface area (Å²) in [6, 6.07) is 13.3. The maximum Gasteiger partial charge on any atom is 0.315 e. The monoisotopic (exact) mass is 378 g/mol. The van der Waals surface area contributed by atoms with Crippen LogP contribution in [0.1, 0.15) is 23.9 Å². The van der Waals surface area contributed by atoms with Crippen molar-refractivity contribution >= 4 is 6.03 Å². The average Bonchev–Trinajstić information content (AvgIpc) is 3.34. The minimum Gasteiger partial charge on any atom is -0.337 e. The molecule has 1 fully saturated rings. The van der Waals surface area contributed by atoms with Crippen LogP contribution in [-0.2, 0) is 6.54 Å². The highest BCUT2D eigenvalue weighted by Gasteiger charge is 2.35. The molecule has 1 aromatic carbocycles. The van der Waals surface area contributed by atoms with E-state index in [0.29, 0.717) is 24.7 Å². The van der Waals surface area contributed by atoms with Gasteiger partial charge in [-0.25, -0.2) is 4.79 Å². The molecule has 8 nitrogen and oxygen atoms in total. The zero-order valence-corrected chi connectivity index (χ0v) is 15.6. The fraction of sp³-hybridized carbons (Fsp3) is 0.300. The molecule has 4 rings (SSSR count). The van der Waals surface area contributed by atoms with Crippen LogP contribution in [0.25, 0.3) is 11.4 Å². The van der Waals surface area contributed by atoms with Gasteiger partial charge in [0, 0.05) is 37.1 Å². The summed E-state index contributed by atoms with van der Waals surface area (Å²) < 4.78 is 5.48. The molecule has 1 saturated heterocycles. The molecule has 2 atom stereocenters. The fourth-order valence-corrected chi connectivity index (χ4v) is 3.40. The molecule has 8 heteroatoms. The second-order valence-electron chi connectivity index (χ2n) is 6.89. The Kier molecular flexibility index (Phi) is 5.29. The Bertz CT molecular complexity index is 915. The standard InChI is InChI=1S/C20H22N6O2/c1-26-13-16(23-20(27)22-12-14-5-3-2-4-6-14)11-17(26)19-24-18(25-28-19)15-7-9-21-10-8-15/h2-10,16-17H,11-13H2,1H3,(H2,22,23,27). The van der Waals surface area contributed by atoms with Gasteiger partial charge in [0.2, 0.25) is 11.7 Å². The number of hydrogen-bond donors (Lipinski definition) is 2. The first-order valence-corrected chi connectivity index (χ1v) is 9.21. The molecule has 2 amide bonds. The van der Waals surface area contributed by atoms with Crippen LogP contribution in [0, 0.1) is 0 Å². The normalized spacial score (nSPS) is 19.5. The molecule has 1 aliphatic heterocycles. The Hall–Kier alpha value is -3.26. The number of carbonyl (C=O) groups is 1. The molecule has 3 heterocycles. The number of urea groups is 1. The van der Waals surface area contributed by atoms with E-state index in [1.165, 1.54) is 0 Å². The number of pyridine rings is 1. The smallest absolute Gasteiger partial charge is 0.315 e. The van der Waals surface area contributed by atoms with E-state index in [9.17, 15) is 4.79 Å². The Labute approximate surface area is 163 Å². The molecule has 2 N–H and O–H groups in total. The summed E-state index contributed by atoms with van der Waals surface area (Å²) >= 11 is 0. The largest absolute Gasteiger partial charge is 0.337 e. The lowest BCUT2D eigenvalue weighted by atomic mass is 10.1. The van der Waals surface area contributed by atoms with Crippen LogP contribution in [0.3, 0.4) is 0 Å². The number of rotatable bonds is 5. The summed E-state index contributed by atoms with van der Waals surface area (Å²) in [6.45, 7) is 1.22. The number of likely N-dealkylation sites (N-methyl/N-ethyl adjacent to an activating group) is 1. The summed E-state index contributed by atoms with van der Waals surface area (Å²) in [7, 11) is 1.99. The van der Waals surface area contributed by atoms with Gasteiger partial charge in [0.25, 0.3) is 0 Å². The van der Waals surface area contributed by atoms with E-state index in [2.05, 4.69) is 30.7 Å². The third-order valence-electron chi connectivity index (χ3n) is 4.84. The van der Waals surface area contributed by atoms with Crippen molar-refractivity contribution in [3.8, 4) is 11.4 Å². The maximum atomic E-state index is 12.2. The second-order valence-corrected chi connectivity index (χ2v) is 6.89. The summed E-state index contributed by atoms with van der Waals surface area (Å²) in [5, 5.41) is 10.00. The quantitative estimate of drug-likeness (QED) is 0.708. The van der Waals surface area contributed by atoms with Gasteiger partial charge >= 0.3 is 6.03 Å². The van der Waals surface area contributed by atoms with Gasteiger partial charge in [0.1, 0.15) is 0 Å². The number of benzene rings is 1. The number of aromatic nitrogens is 3. The van der Waals surface area contributed by atoms with Gasteiger partial charge in [-0.3, -0.25) is 9.88 Å². The van der Waals surface area contributed by atoms with Crippen molar-refractivity contribution in [3.63, 3.8) is 0 Å². The first kappa shape index (κ1) is 18.1. The summed E-state index contributed by atoms with van der Waals surface area (Å²) in [4.78, 5) is 22.9. The number of likely N-dealkylation sites (tertiary alicyclic amines) is 1. The lowest BCUT2D eigenvalue weighted by Gasteiger charge is -2.14. The Morgan fingerprint density at radius 3 is 2.79 bits per heavy atom. The van der Waals surface area contributed by atoms with Gasteiger partial charge < -0.3 is 15.2 Å². The third-order valence-corrected chi connectivity index (χ3v) is 4.84. The van der Waals surface area contributed by atoms with E-state index >= 15 is 0 Å². The molecular weight excluding hydrogens is 356 g/mol. The minimum absolute atomic E-state index is 0.0158. The van der Waals surface area contributed by atoms with Gasteiger partial charge in [0.15, 0.2) is 0 Å². The highest BCUT2D eigenvalue weighted by molar-refractivity contribution is 5.74. The highest BCUT2D eigenvalue weighted by Crippen LogP contribution is 2.30. The summed E-state index contributed by atoms with van der Waals surface area (Å²) in [6.07, 6.45) is 4.11. The van der Waals surface area contributed by atoms with Crippen LogP contribution < -0.4 is 10.6 Å². The molecule has 2 unspecified atom stereocenters. The molecule has 0 saturated carbocycles. The van der Waals surface area contributed by atoms with Gasteiger partial charge in [-0.2, -0.15) is 4.98 Å². The fourth-order valence-electron chi connectivity index (χ4n) is 3.40. The van der Waals surface area contributed by atoms with Gasteiger partial charge in [0.05, 0.1) is 6.04 Å². The zero-order chi connectivity index (χ0) is 19.3. The van der Waals surface area contributed by atoms with Crippen molar-refractivity contribution in [1.82, 2.24) is 30.7 Å². The molecular formula is C20H22N6O2. The summed E-state index contributed by atoms with van der Waals surface area (Å²) in [5.41, 5.74) is 1.93. The molecule has 144 valence electrons. The molecule has 3 aromatic rings. The topological polar surface area (TPSA) is 96.2 Å². The number of carbonyl (C=O) groups excluding carboxylic acids is 1. The van der Waals surface area contributed by atoms with Crippen molar-refractivity contribution in [2.24, 2.45) is 0 Å². The average molecular weight is 378 g/mol. The van der Waals surface area contributed by atoms with E-state index in [1.807, 2.05) is 49.5 Å². The molecule has 1 aliphatic rings. The van der Waals surface area contributed by atoms with Crippen LogP contribution in [0.15, 0.2) is 59.4 Å². The van der Waals surface area contributed by atoms with Crippen molar-refractivity contribution in [1.29, 1.82) is 0 Å². The van der Waals surface area contributed by atoms with Gasteiger partial charge in [-0.15, -0.1) is 0 Å². The molecule has 2 aromatic heterocycles. The number of nitrogens with zero attached hydrogens (tertiary/aromatic N) is 4. The first-order chi connectivity index (χ1) is 13.7. The Morgan fingerprint density at radius 2 is 2.00 bits per heavy atom. The van der Waals surface area contributed by atoms with Crippen molar-refractivity contribution < 1.29 is 9.32 Å². The van der Waals surface area contributed by atoms with Crippen LogP contribution in [0.2, 0.25) is 0 Å². The van der Waals surface area contributed by atoms with Crippen LogP contribution in [-0.4, -0.2) is 45.7 Å². The number of amides is 2. The van der Waals surface area contributed by atoms with E-state index < -0.39 is 0 Å². The molecule has 0 radical (unpaired) electrons. The van der Waals surface area contributed by atoms with Gasteiger partial charge in [-0.05, 0) is 31.2 Å². The summed E-state index contributed by atoms with van der Waals surface area (Å²) in [5.74, 6) is 1.10. The third kappa shape index (κ3) is 4.17. The molecule has 0 bridgehead atoms. The Morgan fingerprint density at radius 1 is 1.21 bits per heavy atom. The Balaban J connectivity index is 1.33. The van der Waals surface area contributed by atoms with Crippen molar-refractivity contribution in [2.45, 2.75) is 25.0 Å². The predicted molar refractivity (Wildman–Crippen MR) is 103 cm³/mol. The van der Waals surface area contributed by atoms with Gasteiger partial charge in [-0.1, -0.05) is 35.5 Å². The van der Waals surface area contributed by atoms with E-state index in [0.717, 1.165) is 17.7 Å². The van der Waals surface area contributed by atoms with Crippen molar-refractivity contribution in [2.75, 3.05) is 13.6 Å². The van der Waals surface area contributed by atoms with E-state index in [-0.39, 0.29) is 18.1 Å². The van der Waals surface area contributed by atoms with Crippen LogP contribution in [0.4, 0.5) is 4.79 Å². The minimum atomic E-state index is -0.175.